The first-order valence-corrected chi connectivity index (χ1v) is 2.89. The lowest BCUT2D eigenvalue weighted by atomic mass is 10.2. The molecule has 0 aromatic rings. The third-order valence-electron chi connectivity index (χ3n) is 1.40. The van der Waals surface area contributed by atoms with Gasteiger partial charge in [-0.25, -0.2) is 0 Å². The predicted molar refractivity (Wildman–Crippen MR) is 35.9 cm³/mol. The van der Waals surface area contributed by atoms with Gasteiger partial charge in [-0.05, 0) is 12.5 Å². The van der Waals surface area contributed by atoms with Crippen molar-refractivity contribution in [1.82, 2.24) is 5.32 Å². The Labute approximate surface area is 54.3 Å². The van der Waals surface area contributed by atoms with Crippen LogP contribution in [0, 0.1) is 0 Å². The van der Waals surface area contributed by atoms with Crippen LogP contribution in [0.5, 0.6) is 0 Å². The van der Waals surface area contributed by atoms with Crippen molar-refractivity contribution in [2.45, 2.75) is 13.0 Å². The molecule has 0 spiro atoms. The molecule has 9 heavy (non-hydrogen) atoms. The monoisotopic (exact) mass is 123 g/mol. The second-order valence-electron chi connectivity index (χ2n) is 2.06. The van der Waals surface area contributed by atoms with Crippen molar-refractivity contribution in [3.8, 4) is 0 Å². The van der Waals surface area contributed by atoms with Gasteiger partial charge < -0.3 is 5.32 Å². The lowest BCUT2D eigenvalue weighted by Gasteiger charge is -2.06. The zero-order chi connectivity index (χ0) is 6.69. The van der Waals surface area contributed by atoms with E-state index < -0.39 is 0 Å². The second kappa shape index (κ2) is 2.49. The normalized spacial score (nSPS) is 23.7. The van der Waals surface area contributed by atoms with E-state index in [4.69, 9.17) is 0 Å². The molecule has 2 heteroatoms. The molecular formula is C7H9NO. The van der Waals surface area contributed by atoms with Gasteiger partial charge in [0.25, 0.3) is 0 Å². The molecule has 0 aliphatic heterocycles. The number of rotatable bonds is 2. The van der Waals surface area contributed by atoms with Crippen molar-refractivity contribution in [3.05, 3.63) is 23.8 Å². The molecule has 1 rings (SSSR count). The fourth-order valence-electron chi connectivity index (χ4n) is 0.834. The van der Waals surface area contributed by atoms with Crippen LogP contribution in [-0.4, -0.2) is 12.5 Å². The zero-order valence-corrected chi connectivity index (χ0v) is 5.29. The molecule has 1 unspecified atom stereocenters. The van der Waals surface area contributed by atoms with Crippen LogP contribution in [0.25, 0.3) is 0 Å². The molecule has 0 radical (unpaired) electrons. The summed E-state index contributed by atoms with van der Waals surface area (Å²) in [6.07, 6.45) is 6.60. The average Bonchev–Trinajstić information content (AvgIpc) is 2.18. The Hall–Kier alpha value is -1.05. The van der Waals surface area contributed by atoms with E-state index in [1.807, 2.05) is 25.2 Å². The molecule has 48 valence electrons. The molecule has 0 saturated heterocycles. The molecule has 0 bridgehead atoms. The quantitative estimate of drug-likeness (QED) is 0.536. The van der Waals surface area contributed by atoms with E-state index >= 15 is 0 Å². The molecule has 0 saturated carbocycles. The topological polar surface area (TPSA) is 29.1 Å². The largest absolute Gasteiger partial charge is 0.349 e. The second-order valence-corrected chi connectivity index (χ2v) is 2.06. The van der Waals surface area contributed by atoms with Crippen molar-refractivity contribution in [2.24, 2.45) is 0 Å². The molecule has 0 aromatic heterocycles. The minimum absolute atomic E-state index is 0.141. The fraction of sp³-hybridized carbons (Fsp3) is 0.286. The Morgan fingerprint density at radius 1 is 1.78 bits per heavy atom. The van der Waals surface area contributed by atoms with E-state index in [-0.39, 0.29) is 6.04 Å². The number of carbonyl (C=O) groups is 1. The molecule has 1 atom stereocenters. The number of allylic oxidation sites excluding steroid dienone is 2. The maximum absolute atomic E-state index is 9.93. The highest BCUT2D eigenvalue weighted by Gasteiger charge is 2.06. The van der Waals surface area contributed by atoms with Crippen LogP contribution in [-0.2, 0) is 4.79 Å². The van der Waals surface area contributed by atoms with Crippen molar-refractivity contribution in [2.75, 3.05) is 0 Å². The van der Waals surface area contributed by atoms with Crippen LogP contribution in [0.2, 0.25) is 0 Å². The van der Waals surface area contributed by atoms with Gasteiger partial charge in [0.15, 0.2) is 0 Å². The molecular weight excluding hydrogens is 114 g/mol. The first-order chi connectivity index (χ1) is 4.34. The molecule has 2 nitrogen and oxygen atoms in total. The standard InChI is InChI=1S/C7H9NO/c1-6-3-2-4-7(6)8-5-9/h2-5,7H,1H3,(H,8,9). The lowest BCUT2D eigenvalue weighted by Crippen LogP contribution is -2.24. The van der Waals surface area contributed by atoms with Crippen LogP contribution in [0.1, 0.15) is 6.92 Å². The van der Waals surface area contributed by atoms with Gasteiger partial charge in [-0.15, -0.1) is 0 Å². The number of nitrogens with one attached hydrogen (secondary N) is 1. The molecule has 1 aliphatic rings. The fourth-order valence-corrected chi connectivity index (χ4v) is 0.834. The third kappa shape index (κ3) is 1.19. The van der Waals surface area contributed by atoms with E-state index in [2.05, 4.69) is 5.32 Å². The van der Waals surface area contributed by atoms with Crippen LogP contribution < -0.4 is 5.32 Å². The number of carbonyl (C=O) groups excluding carboxylic acids is 1. The maximum Gasteiger partial charge on any atom is 0.207 e. The van der Waals surface area contributed by atoms with E-state index in [1.54, 1.807) is 0 Å². The SMILES string of the molecule is CC1=CC=CC1NC=O. The Bertz CT molecular complexity index is 170. The maximum atomic E-state index is 9.93. The van der Waals surface area contributed by atoms with Gasteiger partial charge >= 0.3 is 0 Å². The van der Waals surface area contributed by atoms with Gasteiger partial charge in [0.2, 0.25) is 6.41 Å². The summed E-state index contributed by atoms with van der Waals surface area (Å²) < 4.78 is 0. The minimum atomic E-state index is 0.141. The van der Waals surface area contributed by atoms with Gasteiger partial charge in [0.1, 0.15) is 0 Å². The summed E-state index contributed by atoms with van der Waals surface area (Å²) >= 11 is 0. The van der Waals surface area contributed by atoms with E-state index in [0.29, 0.717) is 0 Å². The molecule has 1 aliphatic carbocycles. The predicted octanol–water partition coefficient (Wildman–Crippen LogP) is 0.617. The average molecular weight is 123 g/mol. The van der Waals surface area contributed by atoms with Crippen LogP contribution in [0.3, 0.4) is 0 Å². The molecule has 0 heterocycles. The third-order valence-corrected chi connectivity index (χ3v) is 1.40. The summed E-state index contributed by atoms with van der Waals surface area (Å²) in [5.74, 6) is 0. The summed E-state index contributed by atoms with van der Waals surface area (Å²) in [5, 5.41) is 2.66. The van der Waals surface area contributed by atoms with Gasteiger partial charge in [-0.3, -0.25) is 4.79 Å². The van der Waals surface area contributed by atoms with Crippen molar-refractivity contribution in [1.29, 1.82) is 0 Å². The Morgan fingerprint density at radius 3 is 3.00 bits per heavy atom. The molecule has 1 N–H and O–H groups in total. The van der Waals surface area contributed by atoms with E-state index in [9.17, 15) is 4.79 Å². The number of hydrogen-bond donors (Lipinski definition) is 1. The van der Waals surface area contributed by atoms with E-state index in [0.717, 1.165) is 6.41 Å². The van der Waals surface area contributed by atoms with E-state index in [1.165, 1.54) is 5.57 Å². The van der Waals surface area contributed by atoms with Gasteiger partial charge in [0, 0.05) is 0 Å². The van der Waals surface area contributed by atoms with Crippen molar-refractivity contribution in [3.63, 3.8) is 0 Å². The molecule has 0 fully saturated rings. The first-order valence-electron chi connectivity index (χ1n) is 2.89. The molecule has 0 aromatic carbocycles. The first kappa shape index (κ1) is 6.08. The smallest absolute Gasteiger partial charge is 0.207 e. The van der Waals surface area contributed by atoms with Crippen LogP contribution in [0.15, 0.2) is 23.8 Å². The summed E-state index contributed by atoms with van der Waals surface area (Å²) in [6.45, 7) is 1.99. The number of amides is 1. The highest BCUT2D eigenvalue weighted by atomic mass is 16.1. The van der Waals surface area contributed by atoms with Crippen molar-refractivity contribution >= 4 is 6.41 Å². The lowest BCUT2D eigenvalue weighted by molar-refractivity contribution is -0.109. The highest BCUT2D eigenvalue weighted by molar-refractivity contribution is 5.50. The van der Waals surface area contributed by atoms with Crippen LogP contribution in [0.4, 0.5) is 0 Å². The zero-order valence-electron chi connectivity index (χ0n) is 5.29. The van der Waals surface area contributed by atoms with Gasteiger partial charge in [0.05, 0.1) is 6.04 Å². The molecule has 1 amide bonds. The summed E-state index contributed by atoms with van der Waals surface area (Å²) in [7, 11) is 0. The van der Waals surface area contributed by atoms with Gasteiger partial charge in [-0.1, -0.05) is 18.2 Å². The highest BCUT2D eigenvalue weighted by Crippen LogP contribution is 2.08. The Morgan fingerprint density at radius 2 is 2.56 bits per heavy atom. The Kier molecular flexibility index (Phi) is 1.68. The summed E-state index contributed by atoms with van der Waals surface area (Å²) in [4.78, 5) is 9.93. The Balaban J connectivity index is 2.52. The minimum Gasteiger partial charge on any atom is -0.349 e. The van der Waals surface area contributed by atoms with Crippen LogP contribution >= 0.6 is 0 Å². The van der Waals surface area contributed by atoms with Crippen molar-refractivity contribution < 1.29 is 4.79 Å². The summed E-state index contributed by atoms with van der Waals surface area (Å²) in [5.41, 5.74) is 1.18. The summed E-state index contributed by atoms with van der Waals surface area (Å²) in [6, 6.07) is 0.141. The number of hydrogen-bond acceptors (Lipinski definition) is 1. The van der Waals surface area contributed by atoms with Gasteiger partial charge in [-0.2, -0.15) is 0 Å².